The number of aromatic nitrogens is 1. The molecule has 4 nitrogen and oxygen atoms in total. The Morgan fingerprint density at radius 1 is 1.46 bits per heavy atom. The van der Waals surface area contributed by atoms with Gasteiger partial charge >= 0.3 is 0 Å². The third-order valence-corrected chi connectivity index (χ3v) is 2.28. The predicted molar refractivity (Wildman–Crippen MR) is 53.2 cm³/mol. The molecule has 1 aromatic heterocycles. The number of hydrogen-bond donors (Lipinski definition) is 1. The van der Waals surface area contributed by atoms with Gasteiger partial charge < -0.3 is 14.8 Å². The molecule has 0 aliphatic rings. The largest absolute Gasteiger partial charge is 0.383 e. The van der Waals surface area contributed by atoms with E-state index in [0.717, 1.165) is 17.4 Å². The van der Waals surface area contributed by atoms with Gasteiger partial charge in [0, 0.05) is 26.1 Å². The molecule has 0 aliphatic heterocycles. The smallest absolute Gasteiger partial charge is 0.183 e. The van der Waals surface area contributed by atoms with Gasteiger partial charge in [-0.25, -0.2) is 4.98 Å². The third kappa shape index (κ3) is 3.71. The molecule has 0 fully saturated rings. The topological polar surface area (TPSA) is 43.4 Å². The van der Waals surface area contributed by atoms with E-state index in [-0.39, 0.29) is 0 Å². The first-order chi connectivity index (χ1) is 6.36. The Hall–Kier alpha value is -0.650. The number of thiazole rings is 1. The molecule has 0 saturated carbocycles. The summed E-state index contributed by atoms with van der Waals surface area (Å²) in [5.41, 5.74) is 0.965. The zero-order valence-corrected chi connectivity index (χ0v) is 8.69. The molecule has 0 bridgehead atoms. The van der Waals surface area contributed by atoms with Crippen LogP contribution in [0, 0.1) is 0 Å². The van der Waals surface area contributed by atoms with E-state index in [9.17, 15) is 0 Å². The van der Waals surface area contributed by atoms with Crippen molar-refractivity contribution >= 4 is 16.5 Å². The van der Waals surface area contributed by atoms with Crippen LogP contribution in [-0.4, -0.2) is 32.4 Å². The quantitative estimate of drug-likeness (QED) is 0.707. The highest BCUT2D eigenvalue weighted by atomic mass is 32.1. The van der Waals surface area contributed by atoms with Gasteiger partial charge in [0.15, 0.2) is 5.13 Å². The molecule has 1 rings (SSSR count). The Labute approximate surface area is 81.9 Å². The lowest BCUT2D eigenvalue weighted by Gasteiger charge is -1.99. The van der Waals surface area contributed by atoms with Crippen LogP contribution in [-0.2, 0) is 16.1 Å². The molecule has 13 heavy (non-hydrogen) atoms. The molecule has 0 amide bonds. The van der Waals surface area contributed by atoms with Gasteiger partial charge in [0.2, 0.25) is 0 Å². The zero-order chi connectivity index (χ0) is 9.52. The van der Waals surface area contributed by atoms with E-state index in [1.165, 1.54) is 0 Å². The van der Waals surface area contributed by atoms with Crippen molar-refractivity contribution in [3.8, 4) is 0 Å². The maximum absolute atomic E-state index is 4.96. The molecule has 0 spiro atoms. The first-order valence-corrected chi connectivity index (χ1v) is 4.91. The van der Waals surface area contributed by atoms with Crippen LogP contribution in [0.25, 0.3) is 0 Å². The summed E-state index contributed by atoms with van der Waals surface area (Å²) in [5, 5.41) is 6.06. The van der Waals surface area contributed by atoms with Crippen LogP contribution in [0.1, 0.15) is 5.69 Å². The van der Waals surface area contributed by atoms with E-state index in [0.29, 0.717) is 13.2 Å². The average Bonchev–Trinajstić information content (AvgIpc) is 2.54. The van der Waals surface area contributed by atoms with Gasteiger partial charge in [-0.2, -0.15) is 0 Å². The highest BCUT2D eigenvalue weighted by Gasteiger charge is 1.99. The summed E-state index contributed by atoms with van der Waals surface area (Å²) >= 11 is 1.58. The monoisotopic (exact) mass is 202 g/mol. The molecule has 1 N–H and O–H groups in total. The van der Waals surface area contributed by atoms with Crippen molar-refractivity contribution in [1.82, 2.24) is 4.98 Å². The number of nitrogens with zero attached hydrogens (tertiary/aromatic N) is 1. The molecule has 1 heterocycles. The Bertz CT molecular complexity index is 240. The summed E-state index contributed by atoms with van der Waals surface area (Å²) in [6.07, 6.45) is 0. The number of hydrogen-bond acceptors (Lipinski definition) is 5. The van der Waals surface area contributed by atoms with Crippen molar-refractivity contribution in [1.29, 1.82) is 0 Å². The minimum atomic E-state index is 0.572. The first-order valence-electron chi connectivity index (χ1n) is 4.03. The predicted octanol–water partition coefficient (Wildman–Crippen LogP) is 1.35. The Morgan fingerprint density at radius 3 is 3.00 bits per heavy atom. The lowest BCUT2D eigenvalue weighted by molar-refractivity contribution is 0.182. The van der Waals surface area contributed by atoms with Gasteiger partial charge in [0.05, 0.1) is 18.9 Å². The average molecular weight is 202 g/mol. The fraction of sp³-hybridized carbons (Fsp3) is 0.625. The molecule has 74 valence electrons. The maximum Gasteiger partial charge on any atom is 0.183 e. The molecule has 0 atom stereocenters. The van der Waals surface area contributed by atoms with Gasteiger partial charge in [-0.15, -0.1) is 11.3 Å². The molecule has 0 saturated heterocycles. The minimum absolute atomic E-state index is 0.572. The fourth-order valence-electron chi connectivity index (χ4n) is 0.862. The SMILES string of the molecule is COCCNc1nc(COC)cs1. The standard InChI is InChI=1S/C8H14N2O2S/c1-11-4-3-9-8-10-7(5-12-2)6-13-8/h6H,3-5H2,1-2H3,(H,9,10). The van der Waals surface area contributed by atoms with E-state index in [1.54, 1.807) is 25.6 Å². The second-order valence-electron chi connectivity index (χ2n) is 2.50. The van der Waals surface area contributed by atoms with Gasteiger partial charge in [-0.05, 0) is 0 Å². The Morgan fingerprint density at radius 2 is 2.31 bits per heavy atom. The summed E-state index contributed by atoms with van der Waals surface area (Å²) in [4.78, 5) is 4.30. The lowest BCUT2D eigenvalue weighted by atomic mass is 10.5. The summed E-state index contributed by atoms with van der Waals surface area (Å²) in [7, 11) is 3.34. The second-order valence-corrected chi connectivity index (χ2v) is 3.35. The second kappa shape index (κ2) is 5.90. The molecule has 5 heteroatoms. The minimum Gasteiger partial charge on any atom is -0.383 e. The summed E-state index contributed by atoms with van der Waals surface area (Å²) < 4.78 is 9.87. The number of methoxy groups -OCH3 is 2. The van der Waals surface area contributed by atoms with E-state index in [1.807, 2.05) is 5.38 Å². The van der Waals surface area contributed by atoms with Crippen molar-refractivity contribution in [2.45, 2.75) is 6.61 Å². The molecular formula is C8H14N2O2S. The summed E-state index contributed by atoms with van der Waals surface area (Å²) in [5.74, 6) is 0. The zero-order valence-electron chi connectivity index (χ0n) is 7.87. The number of rotatable bonds is 6. The number of nitrogens with one attached hydrogen (secondary N) is 1. The summed E-state index contributed by atoms with van der Waals surface area (Å²) in [6.45, 7) is 2.05. The first kappa shape index (κ1) is 10.4. The fourth-order valence-corrected chi connectivity index (χ4v) is 1.59. The van der Waals surface area contributed by atoms with Crippen LogP contribution in [0.2, 0.25) is 0 Å². The van der Waals surface area contributed by atoms with Crippen LogP contribution in [0.5, 0.6) is 0 Å². The molecular weight excluding hydrogens is 188 g/mol. The summed E-state index contributed by atoms with van der Waals surface area (Å²) in [6, 6.07) is 0. The normalized spacial score (nSPS) is 10.3. The molecule has 0 unspecified atom stereocenters. The maximum atomic E-state index is 4.96. The Balaban J connectivity index is 2.31. The van der Waals surface area contributed by atoms with Crippen molar-refractivity contribution < 1.29 is 9.47 Å². The van der Waals surface area contributed by atoms with Gasteiger partial charge in [0.1, 0.15) is 0 Å². The molecule has 0 radical (unpaired) electrons. The number of ether oxygens (including phenoxy) is 2. The van der Waals surface area contributed by atoms with Crippen molar-refractivity contribution in [3.05, 3.63) is 11.1 Å². The van der Waals surface area contributed by atoms with Gasteiger partial charge in [-0.1, -0.05) is 0 Å². The van der Waals surface area contributed by atoms with Crippen molar-refractivity contribution in [3.63, 3.8) is 0 Å². The van der Waals surface area contributed by atoms with Crippen LogP contribution in [0.4, 0.5) is 5.13 Å². The third-order valence-electron chi connectivity index (χ3n) is 1.43. The van der Waals surface area contributed by atoms with Crippen LogP contribution < -0.4 is 5.32 Å². The van der Waals surface area contributed by atoms with E-state index >= 15 is 0 Å². The van der Waals surface area contributed by atoms with E-state index in [2.05, 4.69) is 10.3 Å². The van der Waals surface area contributed by atoms with Crippen molar-refractivity contribution in [2.75, 3.05) is 32.7 Å². The lowest BCUT2D eigenvalue weighted by Crippen LogP contribution is -2.07. The Kier molecular flexibility index (Phi) is 4.74. The van der Waals surface area contributed by atoms with Crippen LogP contribution in [0.3, 0.4) is 0 Å². The van der Waals surface area contributed by atoms with E-state index < -0.39 is 0 Å². The highest BCUT2D eigenvalue weighted by molar-refractivity contribution is 7.13. The molecule has 0 aliphatic carbocycles. The molecule has 0 aromatic carbocycles. The number of anilines is 1. The van der Waals surface area contributed by atoms with Crippen molar-refractivity contribution in [2.24, 2.45) is 0 Å². The van der Waals surface area contributed by atoms with Gasteiger partial charge in [0.25, 0.3) is 0 Å². The molecule has 1 aromatic rings. The van der Waals surface area contributed by atoms with Gasteiger partial charge in [-0.3, -0.25) is 0 Å². The van der Waals surface area contributed by atoms with E-state index in [4.69, 9.17) is 9.47 Å². The highest BCUT2D eigenvalue weighted by Crippen LogP contribution is 2.15. The van der Waals surface area contributed by atoms with Crippen LogP contribution in [0.15, 0.2) is 5.38 Å². The van der Waals surface area contributed by atoms with Crippen LogP contribution >= 0.6 is 11.3 Å².